The van der Waals surface area contributed by atoms with Crippen molar-refractivity contribution in [1.29, 1.82) is 0 Å². The molecule has 4 amide bonds. The van der Waals surface area contributed by atoms with Gasteiger partial charge in [0.05, 0.1) is 10.6 Å². The van der Waals surface area contributed by atoms with E-state index in [2.05, 4.69) is 10.6 Å². The van der Waals surface area contributed by atoms with Crippen molar-refractivity contribution in [2.24, 2.45) is 5.41 Å². The summed E-state index contributed by atoms with van der Waals surface area (Å²) in [5.74, 6) is -0.164. The lowest BCUT2D eigenvalue weighted by atomic mass is 9.96. The second kappa shape index (κ2) is 9.78. The summed E-state index contributed by atoms with van der Waals surface area (Å²) in [5.41, 5.74) is 0.0311. The number of carbonyl (C=O) groups is 3. The summed E-state index contributed by atoms with van der Waals surface area (Å²) in [7, 11) is 0. The molecule has 0 aliphatic carbocycles. The summed E-state index contributed by atoms with van der Waals surface area (Å²) >= 11 is 6.13. The largest absolute Gasteiger partial charge is 0.354 e. The zero-order chi connectivity index (χ0) is 20.7. The van der Waals surface area contributed by atoms with Crippen LogP contribution < -0.4 is 10.6 Å². The molecule has 0 bridgehead atoms. The molecule has 0 spiro atoms. The predicted molar refractivity (Wildman–Crippen MR) is 109 cm³/mol. The molecule has 0 saturated carbocycles. The van der Waals surface area contributed by atoms with E-state index in [0.29, 0.717) is 56.3 Å². The Morgan fingerprint density at radius 2 is 1.57 bits per heavy atom. The van der Waals surface area contributed by atoms with Crippen LogP contribution >= 0.6 is 11.6 Å². The van der Waals surface area contributed by atoms with E-state index in [4.69, 9.17) is 11.6 Å². The van der Waals surface area contributed by atoms with Crippen LogP contribution in [0.4, 0.5) is 4.79 Å². The Bertz CT molecular complexity index is 718. The number of halogens is 1. The number of rotatable bonds is 4. The number of hydrogen-bond acceptors (Lipinski definition) is 3. The summed E-state index contributed by atoms with van der Waals surface area (Å²) in [4.78, 5) is 40.3. The van der Waals surface area contributed by atoms with Gasteiger partial charge in [-0.2, -0.15) is 0 Å². The molecular weight excluding hydrogens is 380 g/mol. The normalized spacial score (nSPS) is 15.0. The summed E-state index contributed by atoms with van der Waals surface area (Å²) in [6.45, 7) is 8.33. The van der Waals surface area contributed by atoms with E-state index in [9.17, 15) is 14.4 Å². The molecule has 154 valence electrons. The number of nitrogens with zero attached hydrogens (tertiary/aromatic N) is 2. The molecule has 1 fully saturated rings. The topological polar surface area (TPSA) is 81.8 Å². The van der Waals surface area contributed by atoms with Crippen molar-refractivity contribution in [3.05, 3.63) is 34.9 Å². The van der Waals surface area contributed by atoms with E-state index in [-0.39, 0.29) is 17.8 Å². The van der Waals surface area contributed by atoms with Crippen LogP contribution in [0.3, 0.4) is 0 Å². The van der Waals surface area contributed by atoms with Crippen molar-refractivity contribution < 1.29 is 14.4 Å². The Balaban J connectivity index is 1.80. The van der Waals surface area contributed by atoms with Gasteiger partial charge in [-0.25, -0.2) is 4.79 Å². The lowest BCUT2D eigenvalue weighted by Gasteiger charge is -2.23. The Morgan fingerprint density at radius 3 is 2.25 bits per heavy atom. The van der Waals surface area contributed by atoms with Gasteiger partial charge in [0.1, 0.15) is 0 Å². The van der Waals surface area contributed by atoms with E-state index in [1.54, 1.807) is 34.1 Å². The Labute approximate surface area is 171 Å². The van der Waals surface area contributed by atoms with Gasteiger partial charge in [0.15, 0.2) is 0 Å². The Morgan fingerprint density at radius 1 is 0.964 bits per heavy atom. The van der Waals surface area contributed by atoms with E-state index in [1.165, 1.54) is 0 Å². The van der Waals surface area contributed by atoms with Crippen LogP contribution in [-0.4, -0.2) is 66.9 Å². The predicted octanol–water partition coefficient (Wildman–Crippen LogP) is 2.36. The molecule has 0 radical (unpaired) electrons. The number of benzene rings is 1. The van der Waals surface area contributed by atoms with Gasteiger partial charge in [-0.15, -0.1) is 0 Å². The van der Waals surface area contributed by atoms with Gasteiger partial charge in [0.2, 0.25) is 5.91 Å². The molecule has 1 aromatic carbocycles. The van der Waals surface area contributed by atoms with Gasteiger partial charge in [-0.1, -0.05) is 44.5 Å². The molecule has 2 rings (SSSR count). The van der Waals surface area contributed by atoms with Crippen molar-refractivity contribution in [3.63, 3.8) is 0 Å². The first-order valence-electron chi connectivity index (χ1n) is 9.55. The van der Waals surface area contributed by atoms with Crippen LogP contribution in [0.15, 0.2) is 24.3 Å². The monoisotopic (exact) mass is 408 g/mol. The van der Waals surface area contributed by atoms with Crippen molar-refractivity contribution in [2.45, 2.75) is 27.2 Å². The molecule has 1 aliphatic rings. The van der Waals surface area contributed by atoms with Gasteiger partial charge >= 0.3 is 6.03 Å². The molecule has 0 aromatic heterocycles. The van der Waals surface area contributed by atoms with Gasteiger partial charge < -0.3 is 20.4 Å². The number of hydrogen-bond donors (Lipinski definition) is 2. The van der Waals surface area contributed by atoms with E-state index < -0.39 is 5.41 Å². The average molecular weight is 409 g/mol. The lowest BCUT2D eigenvalue weighted by Crippen LogP contribution is -2.45. The highest BCUT2D eigenvalue weighted by molar-refractivity contribution is 6.33. The Kier molecular flexibility index (Phi) is 7.69. The van der Waals surface area contributed by atoms with Crippen LogP contribution in [0.5, 0.6) is 0 Å². The zero-order valence-electron chi connectivity index (χ0n) is 16.8. The van der Waals surface area contributed by atoms with Gasteiger partial charge in [-0.3, -0.25) is 9.59 Å². The van der Waals surface area contributed by atoms with Crippen molar-refractivity contribution in [2.75, 3.05) is 39.3 Å². The quantitative estimate of drug-likeness (QED) is 0.750. The molecule has 0 unspecified atom stereocenters. The summed E-state index contributed by atoms with van der Waals surface area (Å²) in [5, 5.41) is 6.05. The smallest absolute Gasteiger partial charge is 0.317 e. The number of carbonyl (C=O) groups excluding carboxylic acids is 3. The van der Waals surface area contributed by atoms with Crippen LogP contribution in [-0.2, 0) is 4.79 Å². The van der Waals surface area contributed by atoms with Gasteiger partial charge in [0, 0.05) is 44.7 Å². The highest BCUT2D eigenvalue weighted by Crippen LogP contribution is 2.18. The summed E-state index contributed by atoms with van der Waals surface area (Å²) in [6, 6.07) is 6.81. The minimum atomic E-state index is -0.452. The molecule has 28 heavy (non-hydrogen) atoms. The zero-order valence-corrected chi connectivity index (χ0v) is 17.5. The maximum atomic E-state index is 12.7. The second-order valence-corrected chi connectivity index (χ2v) is 8.26. The fourth-order valence-electron chi connectivity index (χ4n) is 2.85. The minimum Gasteiger partial charge on any atom is -0.354 e. The SMILES string of the molecule is CC(C)(C)C(=O)NCCNC(=O)N1CCCN(C(=O)c2ccccc2Cl)CC1. The number of nitrogens with one attached hydrogen (secondary N) is 2. The molecule has 1 aliphatic heterocycles. The molecule has 1 aromatic rings. The molecule has 0 atom stereocenters. The summed E-state index contributed by atoms with van der Waals surface area (Å²) in [6.07, 6.45) is 0.699. The van der Waals surface area contributed by atoms with Gasteiger partial charge in [-0.05, 0) is 18.6 Å². The van der Waals surface area contributed by atoms with Crippen molar-refractivity contribution in [1.82, 2.24) is 20.4 Å². The maximum absolute atomic E-state index is 12.7. The van der Waals surface area contributed by atoms with Crippen LogP contribution in [0, 0.1) is 5.41 Å². The van der Waals surface area contributed by atoms with Crippen molar-refractivity contribution in [3.8, 4) is 0 Å². The second-order valence-electron chi connectivity index (χ2n) is 7.85. The first-order valence-corrected chi connectivity index (χ1v) is 9.93. The van der Waals surface area contributed by atoms with Crippen molar-refractivity contribution >= 4 is 29.4 Å². The standard InChI is InChI=1S/C20H29ClN4O3/c1-20(2,3)18(27)22-9-10-23-19(28)25-12-6-11-24(13-14-25)17(26)15-7-4-5-8-16(15)21/h4-5,7-8H,6,9-14H2,1-3H3,(H,22,27)(H,23,28). The van der Waals surface area contributed by atoms with Crippen LogP contribution in [0.1, 0.15) is 37.6 Å². The average Bonchev–Trinajstić information content (AvgIpc) is 2.90. The molecule has 7 nitrogen and oxygen atoms in total. The first-order chi connectivity index (χ1) is 13.2. The number of amides is 4. The third-order valence-corrected chi connectivity index (χ3v) is 4.87. The highest BCUT2D eigenvalue weighted by atomic mass is 35.5. The van der Waals surface area contributed by atoms with E-state index in [0.717, 1.165) is 0 Å². The highest BCUT2D eigenvalue weighted by Gasteiger charge is 2.24. The molecule has 1 saturated heterocycles. The van der Waals surface area contributed by atoms with Crippen LogP contribution in [0.25, 0.3) is 0 Å². The van der Waals surface area contributed by atoms with Crippen LogP contribution in [0.2, 0.25) is 5.02 Å². The third kappa shape index (κ3) is 6.12. The fraction of sp³-hybridized carbons (Fsp3) is 0.550. The minimum absolute atomic E-state index is 0.0507. The van der Waals surface area contributed by atoms with Gasteiger partial charge in [0.25, 0.3) is 5.91 Å². The Hall–Kier alpha value is -2.28. The third-order valence-electron chi connectivity index (χ3n) is 4.54. The van der Waals surface area contributed by atoms with E-state index >= 15 is 0 Å². The number of urea groups is 1. The maximum Gasteiger partial charge on any atom is 0.317 e. The molecular formula is C20H29ClN4O3. The first kappa shape index (κ1) is 22.0. The summed E-state index contributed by atoms with van der Waals surface area (Å²) < 4.78 is 0. The fourth-order valence-corrected chi connectivity index (χ4v) is 3.07. The van der Waals surface area contributed by atoms with E-state index in [1.807, 2.05) is 20.8 Å². The molecule has 1 heterocycles. The molecule has 8 heteroatoms. The molecule has 2 N–H and O–H groups in total. The lowest BCUT2D eigenvalue weighted by molar-refractivity contribution is -0.128.